The Hall–Kier alpha value is -4.24. The number of rotatable bonds is 6. The van der Waals surface area contributed by atoms with Crippen LogP contribution in [0.15, 0.2) is 67.0 Å². The van der Waals surface area contributed by atoms with E-state index in [4.69, 9.17) is 19.9 Å². The van der Waals surface area contributed by atoms with Crippen LogP contribution < -0.4 is 19.9 Å². The molecule has 184 valence electrons. The Morgan fingerprint density at radius 3 is 2.69 bits per heavy atom. The highest BCUT2D eigenvalue weighted by Gasteiger charge is 2.23. The molecule has 4 aromatic rings. The van der Waals surface area contributed by atoms with Crippen molar-refractivity contribution >= 4 is 22.5 Å². The van der Waals surface area contributed by atoms with E-state index in [0.717, 1.165) is 42.0 Å². The fourth-order valence-corrected chi connectivity index (χ4v) is 4.69. The zero-order chi connectivity index (χ0) is 24.5. The van der Waals surface area contributed by atoms with Crippen molar-refractivity contribution in [1.29, 1.82) is 0 Å². The topological polar surface area (TPSA) is 95.1 Å². The van der Waals surface area contributed by atoms with Crippen LogP contribution in [0.3, 0.4) is 0 Å². The van der Waals surface area contributed by atoms with Gasteiger partial charge in [0, 0.05) is 50.4 Å². The van der Waals surface area contributed by atoms with Crippen molar-refractivity contribution < 1.29 is 19.0 Å². The van der Waals surface area contributed by atoms with Gasteiger partial charge in [-0.25, -0.2) is 4.98 Å². The van der Waals surface area contributed by atoms with Crippen molar-refractivity contribution in [2.75, 3.05) is 38.7 Å². The van der Waals surface area contributed by atoms with Crippen molar-refractivity contribution in [3.8, 4) is 23.1 Å². The van der Waals surface area contributed by atoms with E-state index in [9.17, 15) is 4.79 Å². The Balaban J connectivity index is 1.07. The Labute approximate surface area is 208 Å². The molecule has 0 saturated carbocycles. The van der Waals surface area contributed by atoms with Crippen LogP contribution >= 0.6 is 0 Å². The number of hydrogen-bond acceptors (Lipinski definition) is 7. The Morgan fingerprint density at radius 2 is 1.86 bits per heavy atom. The van der Waals surface area contributed by atoms with E-state index in [2.05, 4.69) is 16.0 Å². The molecule has 2 aliphatic heterocycles. The lowest BCUT2D eigenvalue weighted by molar-refractivity contribution is -0.133. The summed E-state index contributed by atoms with van der Waals surface area (Å²) in [7, 11) is 0. The van der Waals surface area contributed by atoms with Gasteiger partial charge in [-0.05, 0) is 42.0 Å². The molecule has 1 amide bonds. The lowest BCUT2D eigenvalue weighted by atomic mass is 10.1. The van der Waals surface area contributed by atoms with E-state index in [1.165, 1.54) is 5.56 Å². The average molecular weight is 486 g/mol. The number of benzene rings is 2. The highest BCUT2D eigenvalue weighted by Crippen LogP contribution is 2.33. The number of aromatic nitrogens is 2. The normalized spacial score (nSPS) is 15.4. The molecule has 2 aromatic heterocycles. The number of fused-ring (bicyclic) bond motifs is 2. The summed E-state index contributed by atoms with van der Waals surface area (Å²) in [5.41, 5.74) is 8.42. The van der Waals surface area contributed by atoms with Crippen LogP contribution in [0.4, 0.5) is 5.69 Å². The van der Waals surface area contributed by atoms with Gasteiger partial charge >= 0.3 is 0 Å². The second kappa shape index (κ2) is 9.43. The maximum Gasteiger partial charge on any atom is 0.242 e. The van der Waals surface area contributed by atoms with E-state index in [1.54, 1.807) is 18.3 Å². The predicted molar refractivity (Wildman–Crippen MR) is 135 cm³/mol. The van der Waals surface area contributed by atoms with Crippen LogP contribution in [-0.4, -0.2) is 58.2 Å². The largest absolute Gasteiger partial charge is 0.454 e. The van der Waals surface area contributed by atoms with Crippen molar-refractivity contribution in [3.63, 3.8) is 0 Å². The van der Waals surface area contributed by atoms with Gasteiger partial charge in [0.1, 0.15) is 12.3 Å². The van der Waals surface area contributed by atoms with Gasteiger partial charge in [-0.3, -0.25) is 9.69 Å². The number of nitrogen functional groups attached to an aromatic ring is 1. The maximum atomic E-state index is 13.1. The van der Waals surface area contributed by atoms with Crippen molar-refractivity contribution in [3.05, 3.63) is 72.6 Å². The Bertz CT molecular complexity index is 1390. The van der Waals surface area contributed by atoms with E-state index >= 15 is 0 Å². The summed E-state index contributed by atoms with van der Waals surface area (Å²) < 4.78 is 18.8. The maximum absolute atomic E-state index is 13.1. The first-order chi connectivity index (χ1) is 17.6. The predicted octanol–water partition coefficient (Wildman–Crippen LogP) is 3.48. The SMILES string of the molecule is Nc1ccc(Oc2cccc3c2ccn3CC(=O)N2CCN(Cc3ccc4c(c3)OCO4)CC2)nc1. The fourth-order valence-electron chi connectivity index (χ4n) is 4.69. The number of anilines is 1. The average Bonchev–Trinajstić information content (AvgIpc) is 3.53. The third-order valence-electron chi connectivity index (χ3n) is 6.62. The molecule has 2 aromatic carbocycles. The molecule has 1 fully saturated rings. The van der Waals surface area contributed by atoms with E-state index in [0.29, 0.717) is 30.4 Å². The summed E-state index contributed by atoms with van der Waals surface area (Å²) in [6.45, 7) is 4.48. The highest BCUT2D eigenvalue weighted by atomic mass is 16.7. The molecule has 9 nitrogen and oxygen atoms in total. The zero-order valence-corrected chi connectivity index (χ0v) is 19.8. The second-order valence-electron chi connectivity index (χ2n) is 9.01. The third-order valence-corrected chi connectivity index (χ3v) is 6.62. The van der Waals surface area contributed by atoms with Gasteiger partial charge in [-0.1, -0.05) is 12.1 Å². The molecule has 2 N–H and O–H groups in total. The molecule has 4 heterocycles. The number of pyridine rings is 1. The number of nitrogens with two attached hydrogens (primary N) is 1. The molecular formula is C27H27N5O4. The van der Waals surface area contributed by atoms with Gasteiger partial charge in [0.2, 0.25) is 18.6 Å². The van der Waals surface area contributed by atoms with Crippen LogP contribution in [0, 0.1) is 0 Å². The van der Waals surface area contributed by atoms with E-state index in [-0.39, 0.29) is 19.2 Å². The molecule has 6 rings (SSSR count). The quantitative estimate of drug-likeness (QED) is 0.447. The first-order valence-corrected chi connectivity index (χ1v) is 12.0. The molecular weight excluding hydrogens is 458 g/mol. The van der Waals surface area contributed by atoms with Gasteiger partial charge in [-0.2, -0.15) is 0 Å². The van der Waals surface area contributed by atoms with Gasteiger partial charge in [0.15, 0.2) is 11.5 Å². The summed E-state index contributed by atoms with van der Waals surface area (Å²) in [6, 6.07) is 17.3. The minimum absolute atomic E-state index is 0.113. The number of piperazine rings is 1. The monoisotopic (exact) mass is 485 g/mol. The molecule has 0 spiro atoms. The van der Waals surface area contributed by atoms with Crippen molar-refractivity contribution in [2.45, 2.75) is 13.1 Å². The molecule has 1 saturated heterocycles. The van der Waals surface area contributed by atoms with E-state index < -0.39 is 0 Å². The van der Waals surface area contributed by atoms with Gasteiger partial charge in [-0.15, -0.1) is 0 Å². The van der Waals surface area contributed by atoms with Crippen molar-refractivity contribution in [2.24, 2.45) is 0 Å². The van der Waals surface area contributed by atoms with Gasteiger partial charge < -0.3 is 29.4 Å². The molecule has 0 unspecified atom stereocenters. The highest BCUT2D eigenvalue weighted by molar-refractivity contribution is 5.88. The molecule has 2 aliphatic rings. The lowest BCUT2D eigenvalue weighted by Gasteiger charge is -2.35. The van der Waals surface area contributed by atoms with Crippen LogP contribution in [0.5, 0.6) is 23.1 Å². The molecule has 9 heteroatoms. The molecule has 0 aliphatic carbocycles. The van der Waals surface area contributed by atoms with Crippen LogP contribution in [-0.2, 0) is 17.9 Å². The molecule has 0 bridgehead atoms. The van der Waals surface area contributed by atoms with E-state index in [1.807, 2.05) is 52.1 Å². The third kappa shape index (κ3) is 4.52. The van der Waals surface area contributed by atoms with Crippen LogP contribution in [0.25, 0.3) is 10.9 Å². The first kappa shape index (κ1) is 22.2. The summed E-state index contributed by atoms with van der Waals surface area (Å²) >= 11 is 0. The number of carbonyl (C=O) groups is 1. The van der Waals surface area contributed by atoms with Crippen LogP contribution in [0.1, 0.15) is 5.56 Å². The number of hydrogen-bond donors (Lipinski definition) is 1. The minimum atomic E-state index is 0.113. The standard InChI is InChI=1S/C27H27N5O4/c28-20-5-7-26(29-15-20)36-23-3-1-2-22-21(23)8-9-32(22)17-27(33)31-12-10-30(11-13-31)16-19-4-6-24-25(14-19)35-18-34-24/h1-9,14-15H,10-13,16-18,28H2. The summed E-state index contributed by atoms with van der Waals surface area (Å²) in [6.07, 6.45) is 3.50. The van der Waals surface area contributed by atoms with Gasteiger partial charge in [0.05, 0.1) is 17.4 Å². The summed E-state index contributed by atoms with van der Waals surface area (Å²) in [4.78, 5) is 21.6. The number of carbonyl (C=O) groups excluding carboxylic acids is 1. The molecule has 36 heavy (non-hydrogen) atoms. The smallest absolute Gasteiger partial charge is 0.242 e. The molecule has 0 atom stereocenters. The second-order valence-corrected chi connectivity index (χ2v) is 9.01. The molecule has 0 radical (unpaired) electrons. The Kier molecular flexibility index (Phi) is 5.82. The summed E-state index contributed by atoms with van der Waals surface area (Å²) in [5, 5.41) is 0.928. The Morgan fingerprint density at radius 1 is 1.00 bits per heavy atom. The van der Waals surface area contributed by atoms with Gasteiger partial charge in [0.25, 0.3) is 0 Å². The number of nitrogens with zero attached hydrogens (tertiary/aromatic N) is 4. The van der Waals surface area contributed by atoms with Crippen molar-refractivity contribution in [1.82, 2.24) is 19.4 Å². The lowest BCUT2D eigenvalue weighted by Crippen LogP contribution is -2.49. The minimum Gasteiger partial charge on any atom is -0.454 e. The zero-order valence-electron chi connectivity index (χ0n) is 19.8. The number of amides is 1. The fraction of sp³-hybridized carbons (Fsp3) is 0.259. The number of ether oxygens (including phenoxy) is 3. The summed E-state index contributed by atoms with van der Waals surface area (Å²) in [5.74, 6) is 2.87. The van der Waals surface area contributed by atoms with Crippen LogP contribution in [0.2, 0.25) is 0 Å². The first-order valence-electron chi connectivity index (χ1n) is 12.0.